The highest BCUT2D eigenvalue weighted by Crippen LogP contribution is 2.19. The van der Waals surface area contributed by atoms with Gasteiger partial charge in [-0.05, 0) is 25.0 Å². The Labute approximate surface area is 102 Å². The van der Waals surface area contributed by atoms with E-state index in [-0.39, 0.29) is 5.91 Å². The Morgan fingerprint density at radius 3 is 2.82 bits per heavy atom. The molecule has 2 N–H and O–H groups in total. The van der Waals surface area contributed by atoms with Gasteiger partial charge in [-0.15, -0.1) is 0 Å². The lowest BCUT2D eigenvalue weighted by Crippen LogP contribution is -2.21. The third kappa shape index (κ3) is 3.75. The van der Waals surface area contributed by atoms with E-state index in [1.165, 1.54) is 0 Å². The van der Waals surface area contributed by atoms with Gasteiger partial charge in [-0.3, -0.25) is 4.79 Å². The van der Waals surface area contributed by atoms with Gasteiger partial charge in [0.25, 0.3) is 5.91 Å². The van der Waals surface area contributed by atoms with Crippen molar-refractivity contribution in [2.75, 3.05) is 32.6 Å². The van der Waals surface area contributed by atoms with E-state index in [9.17, 15) is 4.79 Å². The van der Waals surface area contributed by atoms with Crippen LogP contribution in [0.25, 0.3) is 0 Å². The van der Waals surface area contributed by atoms with Crippen LogP contribution in [0.4, 0.5) is 5.69 Å². The van der Waals surface area contributed by atoms with Crippen LogP contribution in [-0.4, -0.2) is 33.2 Å². The third-order valence-corrected chi connectivity index (χ3v) is 2.57. The second-order valence-electron chi connectivity index (χ2n) is 3.85. The van der Waals surface area contributed by atoms with E-state index in [4.69, 9.17) is 4.74 Å². The summed E-state index contributed by atoms with van der Waals surface area (Å²) >= 11 is 0. The van der Waals surface area contributed by atoms with E-state index in [1.54, 1.807) is 14.2 Å². The van der Waals surface area contributed by atoms with Crippen molar-refractivity contribution in [1.82, 2.24) is 5.32 Å². The largest absolute Gasteiger partial charge is 0.385 e. The van der Waals surface area contributed by atoms with Crippen LogP contribution in [0, 0.1) is 6.92 Å². The fourth-order valence-corrected chi connectivity index (χ4v) is 1.68. The molecule has 17 heavy (non-hydrogen) atoms. The minimum absolute atomic E-state index is 0.0580. The summed E-state index contributed by atoms with van der Waals surface area (Å²) in [5.41, 5.74) is 2.56. The van der Waals surface area contributed by atoms with Crippen LogP contribution in [0.3, 0.4) is 0 Å². The van der Waals surface area contributed by atoms with Gasteiger partial charge in [0, 0.05) is 33.0 Å². The molecule has 4 heteroatoms. The normalized spacial score (nSPS) is 10.1. The van der Waals surface area contributed by atoms with Gasteiger partial charge >= 0.3 is 0 Å². The van der Waals surface area contributed by atoms with Gasteiger partial charge < -0.3 is 15.4 Å². The van der Waals surface area contributed by atoms with E-state index >= 15 is 0 Å². The SMILES string of the molecule is CNC(=O)c1c(C)cccc1NCCCOC. The number of carbonyl (C=O) groups excluding carboxylic acids is 1. The monoisotopic (exact) mass is 236 g/mol. The van der Waals surface area contributed by atoms with E-state index in [0.29, 0.717) is 12.2 Å². The molecule has 0 heterocycles. The molecule has 94 valence electrons. The molecule has 1 rings (SSSR count). The maximum Gasteiger partial charge on any atom is 0.253 e. The molecular weight excluding hydrogens is 216 g/mol. The van der Waals surface area contributed by atoms with Gasteiger partial charge in [0.1, 0.15) is 0 Å². The maximum absolute atomic E-state index is 11.8. The molecule has 0 saturated heterocycles. The Balaban J connectivity index is 2.76. The molecule has 0 unspecified atom stereocenters. The number of carbonyl (C=O) groups is 1. The number of aryl methyl sites for hydroxylation is 1. The maximum atomic E-state index is 11.8. The number of benzene rings is 1. The molecule has 0 aliphatic carbocycles. The molecule has 0 radical (unpaired) electrons. The average Bonchev–Trinajstić information content (AvgIpc) is 2.34. The van der Waals surface area contributed by atoms with Crippen molar-refractivity contribution in [2.24, 2.45) is 0 Å². The van der Waals surface area contributed by atoms with Gasteiger partial charge in [0.05, 0.1) is 5.56 Å². The highest BCUT2D eigenvalue weighted by molar-refractivity contribution is 6.00. The molecule has 0 aliphatic rings. The molecule has 0 atom stereocenters. The second-order valence-corrected chi connectivity index (χ2v) is 3.85. The first-order valence-corrected chi connectivity index (χ1v) is 5.75. The van der Waals surface area contributed by atoms with Crippen molar-refractivity contribution >= 4 is 11.6 Å². The smallest absolute Gasteiger partial charge is 0.253 e. The van der Waals surface area contributed by atoms with Crippen LogP contribution in [0.1, 0.15) is 22.3 Å². The van der Waals surface area contributed by atoms with Gasteiger partial charge in [-0.2, -0.15) is 0 Å². The Hall–Kier alpha value is -1.55. The van der Waals surface area contributed by atoms with Crippen molar-refractivity contribution in [2.45, 2.75) is 13.3 Å². The first-order chi connectivity index (χ1) is 8.20. The van der Waals surface area contributed by atoms with Gasteiger partial charge in [0.15, 0.2) is 0 Å². The van der Waals surface area contributed by atoms with Crippen LogP contribution in [0.15, 0.2) is 18.2 Å². The van der Waals surface area contributed by atoms with Crippen LogP contribution in [0.2, 0.25) is 0 Å². The topological polar surface area (TPSA) is 50.4 Å². The van der Waals surface area contributed by atoms with E-state index in [1.807, 2.05) is 25.1 Å². The first kappa shape index (κ1) is 13.5. The molecule has 4 nitrogen and oxygen atoms in total. The van der Waals surface area contributed by atoms with E-state index < -0.39 is 0 Å². The molecule has 0 saturated carbocycles. The van der Waals surface area contributed by atoms with Crippen LogP contribution < -0.4 is 10.6 Å². The summed E-state index contributed by atoms with van der Waals surface area (Å²) < 4.78 is 4.98. The summed E-state index contributed by atoms with van der Waals surface area (Å²) in [6.07, 6.45) is 0.914. The Kier molecular flexibility index (Phi) is 5.49. The van der Waals surface area contributed by atoms with E-state index in [2.05, 4.69) is 10.6 Å². The number of amides is 1. The average molecular weight is 236 g/mol. The molecule has 1 aromatic carbocycles. The van der Waals surface area contributed by atoms with Crippen molar-refractivity contribution < 1.29 is 9.53 Å². The Morgan fingerprint density at radius 2 is 2.18 bits per heavy atom. The first-order valence-electron chi connectivity index (χ1n) is 5.75. The number of anilines is 1. The van der Waals surface area contributed by atoms with E-state index in [0.717, 1.165) is 24.2 Å². The van der Waals surface area contributed by atoms with Crippen molar-refractivity contribution in [1.29, 1.82) is 0 Å². The molecule has 1 amide bonds. The molecule has 0 aromatic heterocycles. The Morgan fingerprint density at radius 1 is 1.41 bits per heavy atom. The standard InChI is InChI=1S/C13H20N2O2/c1-10-6-4-7-11(12(10)13(16)14-2)15-8-5-9-17-3/h4,6-7,15H,5,8-9H2,1-3H3,(H,14,16). The minimum atomic E-state index is -0.0580. The molecule has 0 bridgehead atoms. The third-order valence-electron chi connectivity index (χ3n) is 2.57. The summed E-state index contributed by atoms with van der Waals surface area (Å²) in [4.78, 5) is 11.8. The number of methoxy groups -OCH3 is 1. The summed E-state index contributed by atoms with van der Waals surface area (Å²) in [6, 6.07) is 5.80. The van der Waals surface area contributed by atoms with Crippen LogP contribution in [0.5, 0.6) is 0 Å². The second kappa shape index (κ2) is 6.91. The van der Waals surface area contributed by atoms with Crippen molar-refractivity contribution in [3.05, 3.63) is 29.3 Å². The zero-order valence-corrected chi connectivity index (χ0v) is 10.7. The summed E-state index contributed by atoms with van der Waals surface area (Å²) in [6.45, 7) is 3.44. The lowest BCUT2D eigenvalue weighted by Gasteiger charge is -2.13. The summed E-state index contributed by atoms with van der Waals surface area (Å²) in [7, 11) is 3.33. The minimum Gasteiger partial charge on any atom is -0.385 e. The van der Waals surface area contributed by atoms with Crippen molar-refractivity contribution in [3.63, 3.8) is 0 Å². The Bertz CT molecular complexity index is 378. The van der Waals surface area contributed by atoms with Crippen LogP contribution in [-0.2, 0) is 4.74 Å². The number of hydrogen-bond donors (Lipinski definition) is 2. The highest BCUT2D eigenvalue weighted by Gasteiger charge is 2.11. The fourth-order valence-electron chi connectivity index (χ4n) is 1.68. The lowest BCUT2D eigenvalue weighted by atomic mass is 10.1. The number of rotatable bonds is 6. The summed E-state index contributed by atoms with van der Waals surface area (Å²) in [5.74, 6) is -0.0580. The quantitative estimate of drug-likeness (QED) is 0.741. The van der Waals surface area contributed by atoms with Crippen LogP contribution >= 0.6 is 0 Å². The number of ether oxygens (including phenoxy) is 1. The van der Waals surface area contributed by atoms with Crippen molar-refractivity contribution in [3.8, 4) is 0 Å². The predicted molar refractivity (Wildman–Crippen MR) is 69.6 cm³/mol. The zero-order chi connectivity index (χ0) is 12.7. The molecule has 0 spiro atoms. The fraction of sp³-hybridized carbons (Fsp3) is 0.462. The zero-order valence-electron chi connectivity index (χ0n) is 10.7. The number of nitrogens with one attached hydrogen (secondary N) is 2. The van der Waals surface area contributed by atoms with Gasteiger partial charge in [-0.25, -0.2) is 0 Å². The van der Waals surface area contributed by atoms with Gasteiger partial charge in [0.2, 0.25) is 0 Å². The predicted octanol–water partition coefficient (Wildman–Crippen LogP) is 1.80. The van der Waals surface area contributed by atoms with Gasteiger partial charge in [-0.1, -0.05) is 12.1 Å². The lowest BCUT2D eigenvalue weighted by molar-refractivity contribution is 0.0963. The molecule has 0 fully saturated rings. The molecule has 0 aliphatic heterocycles. The highest BCUT2D eigenvalue weighted by atomic mass is 16.5. The molecule has 1 aromatic rings. The summed E-state index contributed by atoms with van der Waals surface area (Å²) in [5, 5.41) is 5.92. The number of hydrogen-bond acceptors (Lipinski definition) is 3. The molecular formula is C13H20N2O2.